The molecule has 0 fully saturated rings. The van der Waals surface area contributed by atoms with E-state index >= 15 is 0 Å². The van der Waals surface area contributed by atoms with Crippen molar-refractivity contribution in [2.24, 2.45) is 0 Å². The molecule has 0 aliphatic heterocycles. The van der Waals surface area contributed by atoms with Gasteiger partial charge in [0.2, 0.25) is 0 Å². The third-order valence-corrected chi connectivity index (χ3v) is 4.60. The molecule has 0 aromatic heterocycles. The van der Waals surface area contributed by atoms with Crippen LogP contribution in [-0.2, 0) is 4.79 Å². The summed E-state index contributed by atoms with van der Waals surface area (Å²) in [5.41, 5.74) is 1.59. The number of aryl methyl sites for hydroxylation is 1. The second kappa shape index (κ2) is 9.29. The zero-order valence-electron chi connectivity index (χ0n) is 15.8. The Morgan fingerprint density at radius 2 is 1.61 bits per heavy atom. The lowest BCUT2D eigenvalue weighted by Gasteiger charge is -2.18. The summed E-state index contributed by atoms with van der Waals surface area (Å²) in [4.78, 5) is 12.6. The van der Waals surface area contributed by atoms with Gasteiger partial charge in [-0.3, -0.25) is 4.79 Å². The monoisotopic (exact) mass is 395 g/mol. The molecule has 0 radical (unpaired) electrons. The van der Waals surface area contributed by atoms with E-state index in [1.807, 2.05) is 62.4 Å². The number of amides is 1. The van der Waals surface area contributed by atoms with Crippen molar-refractivity contribution in [2.45, 2.75) is 26.4 Å². The third-order valence-electron chi connectivity index (χ3n) is 4.17. The minimum atomic E-state index is -0.596. The number of ether oxygens (including phenoxy) is 2. The summed E-state index contributed by atoms with van der Waals surface area (Å²) >= 11 is 6.04. The lowest BCUT2D eigenvalue weighted by molar-refractivity contribution is -0.122. The first-order valence-corrected chi connectivity index (χ1v) is 9.49. The van der Waals surface area contributed by atoms with Crippen LogP contribution in [0, 0.1) is 6.92 Å². The summed E-state index contributed by atoms with van der Waals surface area (Å²) < 4.78 is 11.6. The van der Waals surface area contributed by atoms with E-state index in [2.05, 4.69) is 5.32 Å². The Labute approximate surface area is 170 Å². The van der Waals surface area contributed by atoms with Crippen LogP contribution >= 0.6 is 11.6 Å². The third kappa shape index (κ3) is 5.27. The Bertz CT molecular complexity index is 926. The molecular weight excluding hydrogens is 374 g/mol. The topological polar surface area (TPSA) is 47.6 Å². The van der Waals surface area contributed by atoms with E-state index in [1.165, 1.54) is 0 Å². The number of carbonyl (C=O) groups excluding carboxylic acids is 1. The maximum Gasteiger partial charge on any atom is 0.265 e. The molecule has 1 N–H and O–H groups in total. The standard InChI is InChI=1S/C23H22ClNO3/c1-3-22(28-20-13-14-21(24)16(2)15-20)23(26)25-17-9-11-19(12-10-17)27-18-7-5-4-6-8-18/h4-15,22H,3H2,1-2H3,(H,25,26). The summed E-state index contributed by atoms with van der Waals surface area (Å²) in [5, 5.41) is 3.55. The van der Waals surface area contributed by atoms with Crippen molar-refractivity contribution in [2.75, 3.05) is 5.32 Å². The van der Waals surface area contributed by atoms with Gasteiger partial charge in [-0.15, -0.1) is 0 Å². The molecule has 28 heavy (non-hydrogen) atoms. The van der Waals surface area contributed by atoms with Crippen molar-refractivity contribution in [3.63, 3.8) is 0 Å². The van der Waals surface area contributed by atoms with Gasteiger partial charge in [0.05, 0.1) is 0 Å². The molecule has 1 amide bonds. The Morgan fingerprint density at radius 1 is 0.964 bits per heavy atom. The summed E-state index contributed by atoms with van der Waals surface area (Å²) in [6, 6.07) is 22.1. The van der Waals surface area contributed by atoms with Crippen LogP contribution in [0.25, 0.3) is 0 Å². The smallest absolute Gasteiger partial charge is 0.265 e. The van der Waals surface area contributed by atoms with Crippen molar-refractivity contribution < 1.29 is 14.3 Å². The highest BCUT2D eigenvalue weighted by atomic mass is 35.5. The van der Waals surface area contributed by atoms with Crippen LogP contribution in [0.3, 0.4) is 0 Å². The number of nitrogens with one attached hydrogen (secondary N) is 1. The number of benzene rings is 3. The molecule has 0 spiro atoms. The average molecular weight is 396 g/mol. The van der Waals surface area contributed by atoms with Crippen LogP contribution in [-0.4, -0.2) is 12.0 Å². The second-order valence-electron chi connectivity index (χ2n) is 6.35. The van der Waals surface area contributed by atoms with E-state index in [1.54, 1.807) is 24.3 Å². The summed E-state index contributed by atoms with van der Waals surface area (Å²) in [7, 11) is 0. The maximum atomic E-state index is 12.6. The summed E-state index contributed by atoms with van der Waals surface area (Å²) in [6.45, 7) is 3.80. The molecular formula is C23H22ClNO3. The molecule has 0 bridgehead atoms. The molecule has 0 aliphatic carbocycles. The fourth-order valence-corrected chi connectivity index (χ4v) is 2.75. The zero-order chi connectivity index (χ0) is 19.9. The van der Waals surface area contributed by atoms with Crippen molar-refractivity contribution in [1.29, 1.82) is 0 Å². The number of carbonyl (C=O) groups is 1. The van der Waals surface area contributed by atoms with Gasteiger partial charge in [0.25, 0.3) is 5.91 Å². The van der Waals surface area contributed by atoms with Gasteiger partial charge in [-0.25, -0.2) is 0 Å². The first-order chi connectivity index (χ1) is 13.5. The highest BCUT2D eigenvalue weighted by molar-refractivity contribution is 6.31. The van der Waals surface area contributed by atoms with Gasteiger partial charge in [0.15, 0.2) is 6.10 Å². The van der Waals surface area contributed by atoms with Crippen molar-refractivity contribution in [3.05, 3.63) is 83.4 Å². The Morgan fingerprint density at radius 3 is 2.25 bits per heavy atom. The van der Waals surface area contributed by atoms with Gasteiger partial charge in [0, 0.05) is 10.7 Å². The number of anilines is 1. The highest BCUT2D eigenvalue weighted by Crippen LogP contribution is 2.24. The SMILES string of the molecule is CCC(Oc1ccc(Cl)c(C)c1)C(=O)Nc1ccc(Oc2ccccc2)cc1. The summed E-state index contributed by atoms with van der Waals surface area (Å²) in [6.07, 6.45) is -0.0521. The summed E-state index contributed by atoms with van der Waals surface area (Å²) in [5.74, 6) is 1.88. The fourth-order valence-electron chi connectivity index (χ4n) is 2.63. The van der Waals surface area contributed by atoms with Crippen molar-refractivity contribution >= 4 is 23.2 Å². The second-order valence-corrected chi connectivity index (χ2v) is 6.76. The molecule has 3 rings (SSSR count). The van der Waals surface area contributed by atoms with E-state index in [-0.39, 0.29) is 5.91 Å². The van der Waals surface area contributed by atoms with Crippen LogP contribution in [0.5, 0.6) is 17.2 Å². The molecule has 1 unspecified atom stereocenters. The minimum Gasteiger partial charge on any atom is -0.481 e. The number of hydrogen-bond acceptors (Lipinski definition) is 3. The molecule has 5 heteroatoms. The van der Waals surface area contributed by atoms with Crippen molar-refractivity contribution in [3.8, 4) is 17.2 Å². The van der Waals surface area contributed by atoms with Gasteiger partial charge in [0.1, 0.15) is 17.2 Å². The first-order valence-electron chi connectivity index (χ1n) is 9.12. The van der Waals surface area contributed by atoms with Gasteiger partial charge in [-0.2, -0.15) is 0 Å². The lowest BCUT2D eigenvalue weighted by Crippen LogP contribution is -2.32. The largest absolute Gasteiger partial charge is 0.481 e. The normalized spacial score (nSPS) is 11.5. The van der Waals surface area contributed by atoms with E-state index in [0.29, 0.717) is 28.6 Å². The molecule has 3 aromatic rings. The molecule has 4 nitrogen and oxygen atoms in total. The highest BCUT2D eigenvalue weighted by Gasteiger charge is 2.19. The van der Waals surface area contributed by atoms with Gasteiger partial charge in [-0.05, 0) is 73.5 Å². The maximum absolute atomic E-state index is 12.6. The first kappa shape index (κ1) is 19.8. The molecule has 1 atom stereocenters. The fraction of sp³-hybridized carbons (Fsp3) is 0.174. The zero-order valence-corrected chi connectivity index (χ0v) is 16.6. The van der Waals surface area contributed by atoms with Crippen LogP contribution < -0.4 is 14.8 Å². The number of rotatable bonds is 7. The Kier molecular flexibility index (Phi) is 6.56. The lowest BCUT2D eigenvalue weighted by atomic mass is 10.2. The molecule has 3 aromatic carbocycles. The van der Waals surface area contributed by atoms with E-state index in [0.717, 1.165) is 11.3 Å². The van der Waals surface area contributed by atoms with Crippen LogP contribution in [0.2, 0.25) is 5.02 Å². The molecule has 0 heterocycles. The van der Waals surface area contributed by atoms with Gasteiger partial charge in [-0.1, -0.05) is 36.7 Å². The average Bonchev–Trinajstić information content (AvgIpc) is 2.71. The predicted molar refractivity (Wildman–Crippen MR) is 112 cm³/mol. The Balaban J connectivity index is 1.61. The van der Waals surface area contributed by atoms with Gasteiger partial charge < -0.3 is 14.8 Å². The molecule has 0 aliphatic rings. The van der Waals surface area contributed by atoms with Crippen LogP contribution in [0.1, 0.15) is 18.9 Å². The quantitative estimate of drug-likeness (QED) is 0.515. The van der Waals surface area contributed by atoms with Crippen molar-refractivity contribution in [1.82, 2.24) is 0 Å². The molecule has 0 saturated carbocycles. The minimum absolute atomic E-state index is 0.202. The predicted octanol–water partition coefficient (Wildman–Crippen LogP) is 6.24. The van der Waals surface area contributed by atoms with E-state index < -0.39 is 6.10 Å². The molecule has 144 valence electrons. The van der Waals surface area contributed by atoms with E-state index in [4.69, 9.17) is 21.1 Å². The molecule has 0 saturated heterocycles. The number of hydrogen-bond donors (Lipinski definition) is 1. The van der Waals surface area contributed by atoms with Crippen LogP contribution in [0.4, 0.5) is 5.69 Å². The number of para-hydroxylation sites is 1. The number of halogens is 1. The van der Waals surface area contributed by atoms with Crippen LogP contribution in [0.15, 0.2) is 72.8 Å². The van der Waals surface area contributed by atoms with Gasteiger partial charge >= 0.3 is 0 Å². The van der Waals surface area contributed by atoms with E-state index in [9.17, 15) is 4.79 Å². The Hall–Kier alpha value is -2.98.